The van der Waals surface area contributed by atoms with Gasteiger partial charge < -0.3 is 29.4 Å². The number of nitrogens with zero attached hydrogens (tertiary/aromatic N) is 2. The number of aldehydes is 1. The largest absolute Gasteiger partial charge is 0.573 e. The first-order chi connectivity index (χ1) is 21.1. The summed E-state index contributed by atoms with van der Waals surface area (Å²) >= 11 is 0. The summed E-state index contributed by atoms with van der Waals surface area (Å²) in [4.78, 5) is 40.6. The Balaban J connectivity index is 1.46. The normalized spacial score (nSPS) is 15.4. The van der Waals surface area contributed by atoms with Gasteiger partial charge in [-0.2, -0.15) is 13.2 Å². The highest BCUT2D eigenvalue weighted by atomic mass is 19.4. The van der Waals surface area contributed by atoms with E-state index in [1.165, 1.54) is 42.3 Å². The van der Waals surface area contributed by atoms with Gasteiger partial charge in [0.1, 0.15) is 18.1 Å². The van der Waals surface area contributed by atoms with Crippen molar-refractivity contribution in [2.45, 2.75) is 18.6 Å². The second kappa shape index (κ2) is 13.0. The Labute approximate surface area is 250 Å². The number of amides is 2. The van der Waals surface area contributed by atoms with Crippen molar-refractivity contribution in [1.29, 1.82) is 0 Å². The third-order valence-corrected chi connectivity index (χ3v) is 6.78. The smallest absolute Gasteiger partial charge is 0.484 e. The van der Waals surface area contributed by atoms with E-state index in [-0.39, 0.29) is 30.8 Å². The molecular weight excluding hydrogens is 622 g/mol. The van der Waals surface area contributed by atoms with Gasteiger partial charge in [-0.15, -0.1) is 13.2 Å². The van der Waals surface area contributed by atoms with Crippen molar-refractivity contribution < 1.29 is 59.0 Å². The summed E-state index contributed by atoms with van der Waals surface area (Å²) in [7, 11) is 1.53. The summed E-state index contributed by atoms with van der Waals surface area (Å²) in [6, 6.07) is 8.61. The molecule has 1 fully saturated rings. The summed E-state index contributed by atoms with van der Waals surface area (Å²) in [5.74, 6) is -7.14. The Morgan fingerprint density at radius 2 is 1.62 bits per heavy atom. The molecule has 0 radical (unpaired) electrons. The number of benzene rings is 3. The zero-order valence-electron chi connectivity index (χ0n) is 23.1. The number of carbonyl (C=O) groups is 3. The van der Waals surface area contributed by atoms with Crippen molar-refractivity contribution in [2.24, 2.45) is 0 Å². The van der Waals surface area contributed by atoms with Crippen LogP contribution in [-0.2, 0) is 15.8 Å². The van der Waals surface area contributed by atoms with Crippen LogP contribution in [-0.4, -0.2) is 73.6 Å². The molecule has 2 amide bonds. The first kappa shape index (κ1) is 33.0. The predicted molar refractivity (Wildman–Crippen MR) is 142 cm³/mol. The number of rotatable bonds is 8. The molecule has 16 heteroatoms. The number of nitrogens with one attached hydrogen (secondary N) is 1. The van der Waals surface area contributed by atoms with Crippen LogP contribution in [0.2, 0.25) is 0 Å². The fraction of sp³-hybridized carbons (Fsp3) is 0.276. The molecule has 0 aromatic heterocycles. The van der Waals surface area contributed by atoms with Crippen molar-refractivity contribution in [1.82, 2.24) is 9.80 Å². The molecule has 1 saturated heterocycles. The van der Waals surface area contributed by atoms with E-state index >= 15 is 0 Å². The first-order valence-corrected chi connectivity index (χ1v) is 13.0. The van der Waals surface area contributed by atoms with E-state index in [4.69, 9.17) is 4.74 Å². The Morgan fingerprint density at radius 1 is 0.956 bits per heavy atom. The van der Waals surface area contributed by atoms with Crippen LogP contribution in [0.5, 0.6) is 11.5 Å². The van der Waals surface area contributed by atoms with E-state index in [9.17, 15) is 49.5 Å². The molecule has 1 atom stereocenters. The molecule has 1 unspecified atom stereocenters. The van der Waals surface area contributed by atoms with Crippen LogP contribution in [0.25, 0.3) is 11.1 Å². The average molecular weight is 646 g/mol. The maximum atomic E-state index is 14.0. The second-order valence-corrected chi connectivity index (χ2v) is 9.68. The number of ether oxygens (including phenoxy) is 2. The molecule has 240 valence electrons. The number of hydrogen-bond donors (Lipinski definition) is 1. The maximum Gasteiger partial charge on any atom is 0.573 e. The number of carbonyl (C=O) groups excluding carboxylic acids is 3. The van der Waals surface area contributed by atoms with Gasteiger partial charge in [-0.05, 0) is 35.4 Å². The summed E-state index contributed by atoms with van der Waals surface area (Å²) in [5.41, 5.74) is 0.0241. The maximum absolute atomic E-state index is 14.0. The van der Waals surface area contributed by atoms with Gasteiger partial charge in [0.05, 0.1) is 11.1 Å². The average Bonchev–Trinajstić information content (AvgIpc) is 2.99. The van der Waals surface area contributed by atoms with Crippen LogP contribution in [0.3, 0.4) is 0 Å². The van der Waals surface area contributed by atoms with Gasteiger partial charge in [-0.25, -0.2) is 8.78 Å². The quantitative estimate of drug-likeness (QED) is 0.257. The number of halogens is 8. The molecule has 0 aliphatic carbocycles. The van der Waals surface area contributed by atoms with Crippen LogP contribution in [0.1, 0.15) is 15.9 Å². The molecule has 0 bridgehead atoms. The van der Waals surface area contributed by atoms with Crippen LogP contribution >= 0.6 is 0 Å². The van der Waals surface area contributed by atoms with Gasteiger partial charge in [0.2, 0.25) is 5.75 Å². The third kappa shape index (κ3) is 7.80. The highest BCUT2D eigenvalue weighted by Crippen LogP contribution is 2.34. The number of alkyl halides is 6. The minimum atomic E-state index is -5.35. The van der Waals surface area contributed by atoms with Gasteiger partial charge in [0, 0.05) is 44.5 Å². The van der Waals surface area contributed by atoms with Crippen molar-refractivity contribution in [2.75, 3.05) is 38.6 Å². The number of hydrogen-bond acceptors (Lipinski definition) is 6. The fourth-order valence-electron chi connectivity index (χ4n) is 4.62. The molecule has 4 rings (SSSR count). The monoisotopic (exact) mass is 645 g/mol. The summed E-state index contributed by atoms with van der Waals surface area (Å²) in [5, 5.41) is 2.83. The van der Waals surface area contributed by atoms with E-state index in [1.807, 2.05) is 0 Å². The lowest BCUT2D eigenvalue weighted by Crippen LogP contribution is -2.58. The zero-order valence-corrected chi connectivity index (χ0v) is 23.1. The molecule has 45 heavy (non-hydrogen) atoms. The van der Waals surface area contributed by atoms with Gasteiger partial charge in [0.15, 0.2) is 18.2 Å². The van der Waals surface area contributed by atoms with Gasteiger partial charge in [-0.1, -0.05) is 18.2 Å². The molecule has 0 saturated carbocycles. The topological polar surface area (TPSA) is 88.2 Å². The van der Waals surface area contributed by atoms with E-state index < -0.39 is 65.7 Å². The molecule has 3 aromatic rings. The molecule has 1 aliphatic rings. The minimum absolute atomic E-state index is 0.0596. The highest BCUT2D eigenvalue weighted by molar-refractivity contribution is 6.02. The summed E-state index contributed by atoms with van der Waals surface area (Å²) < 4.78 is 113. The summed E-state index contributed by atoms with van der Waals surface area (Å²) in [6.07, 6.45) is -9.50. The number of anilines is 1. The highest BCUT2D eigenvalue weighted by Gasteiger charge is 2.36. The Kier molecular flexibility index (Phi) is 9.53. The molecule has 0 spiro atoms. The summed E-state index contributed by atoms with van der Waals surface area (Å²) in [6.45, 7) is -1.33. The van der Waals surface area contributed by atoms with Crippen LogP contribution in [0.15, 0.2) is 54.6 Å². The SMILES string of the molecule is CNc1ccc(-c2cccc(C(F)(F)F)c2)cc1C(=O)N1CCN(C(=O)COc2cc(F)c(OC(F)(F)F)c(F)c2)CC1C=O. The lowest BCUT2D eigenvalue weighted by molar-refractivity contribution is -0.276. The van der Waals surface area contributed by atoms with Crippen molar-refractivity contribution in [3.8, 4) is 22.6 Å². The Morgan fingerprint density at radius 3 is 2.22 bits per heavy atom. The standard InChI is InChI=1S/C29H23F8N3O5/c1-38-24-6-5-17(16-3-2-4-18(9-16)28(32,33)34)10-21(24)27(43)40-8-7-39(13-19(40)14-41)25(42)15-44-20-11-22(30)26(23(31)12-20)45-29(35,36)37/h2-6,9-12,14,19,38H,7-8,13,15H2,1H3. The minimum Gasteiger partial charge on any atom is -0.484 e. The van der Waals surface area contributed by atoms with E-state index in [0.29, 0.717) is 29.7 Å². The van der Waals surface area contributed by atoms with Gasteiger partial charge in [0.25, 0.3) is 11.8 Å². The van der Waals surface area contributed by atoms with Gasteiger partial charge >= 0.3 is 12.5 Å². The lowest BCUT2D eigenvalue weighted by Gasteiger charge is -2.39. The first-order valence-electron chi connectivity index (χ1n) is 13.0. The zero-order chi connectivity index (χ0) is 33.1. The Bertz CT molecular complexity index is 1570. The third-order valence-electron chi connectivity index (χ3n) is 6.78. The molecule has 8 nitrogen and oxygen atoms in total. The van der Waals surface area contributed by atoms with E-state index in [1.54, 1.807) is 0 Å². The molecule has 3 aromatic carbocycles. The second-order valence-electron chi connectivity index (χ2n) is 9.68. The van der Waals surface area contributed by atoms with E-state index in [0.717, 1.165) is 17.0 Å². The molecular formula is C29H23F8N3O5. The Hall–Kier alpha value is -4.89. The van der Waals surface area contributed by atoms with Crippen LogP contribution in [0.4, 0.5) is 40.8 Å². The van der Waals surface area contributed by atoms with Crippen LogP contribution < -0.4 is 14.8 Å². The van der Waals surface area contributed by atoms with Crippen LogP contribution in [0, 0.1) is 11.6 Å². The molecule has 1 N–H and O–H groups in total. The van der Waals surface area contributed by atoms with E-state index in [2.05, 4.69) is 10.1 Å². The predicted octanol–water partition coefficient (Wildman–Crippen LogP) is 5.52. The lowest BCUT2D eigenvalue weighted by atomic mass is 9.98. The van der Waals surface area contributed by atoms with Crippen molar-refractivity contribution in [3.63, 3.8) is 0 Å². The van der Waals surface area contributed by atoms with Crippen molar-refractivity contribution in [3.05, 3.63) is 77.4 Å². The van der Waals surface area contributed by atoms with Gasteiger partial charge in [-0.3, -0.25) is 9.59 Å². The fourth-order valence-corrected chi connectivity index (χ4v) is 4.62. The number of piperazine rings is 1. The molecule has 1 heterocycles. The molecule has 1 aliphatic heterocycles. The van der Waals surface area contributed by atoms with Crippen molar-refractivity contribution >= 4 is 23.8 Å².